The molecule has 0 aromatic carbocycles. The van der Waals surface area contributed by atoms with Gasteiger partial charge in [-0.3, -0.25) is 4.79 Å². The van der Waals surface area contributed by atoms with E-state index in [0.29, 0.717) is 12.1 Å². The summed E-state index contributed by atoms with van der Waals surface area (Å²) in [5.74, 6) is -0.169. The van der Waals surface area contributed by atoms with E-state index in [-0.39, 0.29) is 12.5 Å². The molecule has 0 spiro atoms. The lowest BCUT2D eigenvalue weighted by molar-refractivity contribution is 0.0789. The molecule has 5 nitrogen and oxygen atoms in total. The molecule has 0 aliphatic carbocycles. The fraction of sp³-hybridized carbons (Fsp3) is 0.500. The van der Waals surface area contributed by atoms with Gasteiger partial charge in [0.15, 0.2) is 0 Å². The van der Waals surface area contributed by atoms with Crippen LogP contribution in [0.3, 0.4) is 0 Å². The van der Waals surface area contributed by atoms with E-state index in [4.69, 9.17) is 5.11 Å². The standard InChI is InChI=1S/C12H17NO4/c1-13(7-3-2-4-8-14)12(16)10-5-6-11(15)17-9-10/h5-6,9,14H,2-4,7-8H2,1H3. The predicted molar refractivity (Wildman–Crippen MR) is 62.9 cm³/mol. The second kappa shape index (κ2) is 6.85. The Morgan fingerprint density at radius 3 is 2.71 bits per heavy atom. The summed E-state index contributed by atoms with van der Waals surface area (Å²) >= 11 is 0. The Morgan fingerprint density at radius 1 is 1.35 bits per heavy atom. The highest BCUT2D eigenvalue weighted by Gasteiger charge is 2.11. The predicted octanol–water partition coefficient (Wildman–Crippen LogP) is 0.874. The smallest absolute Gasteiger partial charge is 0.335 e. The first-order valence-corrected chi connectivity index (χ1v) is 5.60. The van der Waals surface area contributed by atoms with Crippen LogP contribution >= 0.6 is 0 Å². The number of nitrogens with zero attached hydrogens (tertiary/aromatic N) is 1. The summed E-state index contributed by atoms with van der Waals surface area (Å²) in [6.45, 7) is 0.805. The normalized spacial score (nSPS) is 10.2. The maximum absolute atomic E-state index is 11.8. The Labute approximate surface area is 99.7 Å². The number of aliphatic hydroxyl groups is 1. The molecule has 0 radical (unpaired) electrons. The van der Waals surface area contributed by atoms with E-state index in [2.05, 4.69) is 4.42 Å². The molecule has 0 saturated heterocycles. The van der Waals surface area contributed by atoms with Gasteiger partial charge in [0.05, 0.1) is 5.56 Å². The largest absolute Gasteiger partial charge is 0.430 e. The minimum Gasteiger partial charge on any atom is -0.430 e. The summed E-state index contributed by atoms with van der Waals surface area (Å²) in [4.78, 5) is 24.2. The van der Waals surface area contributed by atoms with Gasteiger partial charge in [0.2, 0.25) is 0 Å². The van der Waals surface area contributed by atoms with Crippen molar-refractivity contribution >= 4 is 5.91 Å². The third kappa shape index (κ3) is 4.40. The number of rotatable bonds is 6. The van der Waals surface area contributed by atoms with E-state index in [9.17, 15) is 9.59 Å². The maximum Gasteiger partial charge on any atom is 0.335 e. The Balaban J connectivity index is 2.46. The van der Waals surface area contributed by atoms with E-state index < -0.39 is 5.63 Å². The topological polar surface area (TPSA) is 70.8 Å². The van der Waals surface area contributed by atoms with Crippen molar-refractivity contribution in [2.75, 3.05) is 20.2 Å². The molecular formula is C12H17NO4. The van der Waals surface area contributed by atoms with Gasteiger partial charge in [-0.1, -0.05) is 0 Å². The average Bonchev–Trinajstić information content (AvgIpc) is 2.34. The number of hydrogen-bond donors (Lipinski definition) is 1. The van der Waals surface area contributed by atoms with Crippen molar-refractivity contribution in [1.29, 1.82) is 0 Å². The zero-order valence-electron chi connectivity index (χ0n) is 9.89. The molecule has 1 aromatic heterocycles. The lowest BCUT2D eigenvalue weighted by Crippen LogP contribution is -2.28. The lowest BCUT2D eigenvalue weighted by atomic mass is 10.2. The van der Waals surface area contributed by atoms with Crippen LogP contribution in [0.5, 0.6) is 0 Å². The van der Waals surface area contributed by atoms with E-state index in [1.165, 1.54) is 18.4 Å². The third-order valence-electron chi connectivity index (χ3n) is 2.45. The van der Waals surface area contributed by atoms with Crippen molar-refractivity contribution in [2.45, 2.75) is 19.3 Å². The Kier molecular flexibility index (Phi) is 5.42. The van der Waals surface area contributed by atoms with Crippen molar-refractivity contribution in [3.8, 4) is 0 Å². The quantitative estimate of drug-likeness (QED) is 0.748. The molecule has 1 amide bonds. The van der Waals surface area contributed by atoms with Crippen LogP contribution in [0.2, 0.25) is 0 Å². The molecule has 0 saturated carbocycles. The molecule has 0 atom stereocenters. The number of unbranched alkanes of at least 4 members (excludes halogenated alkanes) is 2. The van der Waals surface area contributed by atoms with E-state index in [1.54, 1.807) is 11.9 Å². The minimum absolute atomic E-state index is 0.169. The summed E-state index contributed by atoms with van der Waals surface area (Å²) < 4.78 is 4.64. The highest BCUT2D eigenvalue weighted by molar-refractivity contribution is 5.93. The Morgan fingerprint density at radius 2 is 2.12 bits per heavy atom. The maximum atomic E-state index is 11.8. The second-order valence-corrected chi connectivity index (χ2v) is 3.85. The van der Waals surface area contributed by atoms with Gasteiger partial charge in [-0.15, -0.1) is 0 Å². The van der Waals surface area contributed by atoms with Gasteiger partial charge in [-0.25, -0.2) is 4.79 Å². The van der Waals surface area contributed by atoms with E-state index in [0.717, 1.165) is 19.3 Å². The van der Waals surface area contributed by atoms with Gasteiger partial charge in [0.25, 0.3) is 5.91 Å². The van der Waals surface area contributed by atoms with Gasteiger partial charge in [-0.05, 0) is 25.3 Å². The Bertz CT molecular complexity index is 393. The van der Waals surface area contributed by atoms with Gasteiger partial charge >= 0.3 is 5.63 Å². The summed E-state index contributed by atoms with van der Waals surface area (Å²) in [7, 11) is 1.70. The number of aliphatic hydroxyl groups excluding tert-OH is 1. The van der Waals surface area contributed by atoms with Gasteiger partial charge in [0.1, 0.15) is 6.26 Å². The van der Waals surface area contributed by atoms with Crippen molar-refractivity contribution < 1.29 is 14.3 Å². The van der Waals surface area contributed by atoms with Crippen LogP contribution in [0.1, 0.15) is 29.6 Å². The zero-order valence-corrected chi connectivity index (χ0v) is 9.89. The van der Waals surface area contributed by atoms with Crippen LogP contribution in [0.15, 0.2) is 27.6 Å². The van der Waals surface area contributed by atoms with Crippen LogP contribution in [0.25, 0.3) is 0 Å². The molecule has 0 bridgehead atoms. The van der Waals surface area contributed by atoms with Crippen molar-refractivity contribution in [1.82, 2.24) is 4.90 Å². The van der Waals surface area contributed by atoms with Gasteiger partial charge in [0, 0.05) is 26.3 Å². The monoisotopic (exact) mass is 239 g/mol. The van der Waals surface area contributed by atoms with Crippen LogP contribution < -0.4 is 5.63 Å². The molecule has 0 aliphatic rings. The fourth-order valence-electron chi connectivity index (χ4n) is 1.44. The average molecular weight is 239 g/mol. The van der Waals surface area contributed by atoms with Crippen LogP contribution in [-0.4, -0.2) is 36.1 Å². The molecule has 94 valence electrons. The zero-order chi connectivity index (χ0) is 12.7. The molecule has 1 rings (SSSR count). The fourth-order valence-corrected chi connectivity index (χ4v) is 1.44. The number of hydrogen-bond acceptors (Lipinski definition) is 4. The summed E-state index contributed by atoms with van der Waals surface area (Å²) in [5, 5.41) is 8.62. The first-order chi connectivity index (χ1) is 8.15. The second-order valence-electron chi connectivity index (χ2n) is 3.85. The van der Waals surface area contributed by atoms with Gasteiger partial charge < -0.3 is 14.4 Å². The first kappa shape index (κ1) is 13.4. The summed E-state index contributed by atoms with van der Waals surface area (Å²) in [5.41, 5.74) is -0.0959. The Hall–Kier alpha value is -1.62. The van der Waals surface area contributed by atoms with Crippen LogP contribution in [0.4, 0.5) is 0 Å². The van der Waals surface area contributed by atoms with Crippen molar-refractivity contribution in [3.05, 3.63) is 34.4 Å². The highest BCUT2D eigenvalue weighted by Crippen LogP contribution is 2.03. The first-order valence-electron chi connectivity index (χ1n) is 5.60. The molecule has 0 fully saturated rings. The van der Waals surface area contributed by atoms with Crippen molar-refractivity contribution in [3.63, 3.8) is 0 Å². The number of amides is 1. The molecular weight excluding hydrogens is 222 g/mol. The van der Waals surface area contributed by atoms with E-state index >= 15 is 0 Å². The molecule has 1 N–H and O–H groups in total. The molecule has 0 unspecified atom stereocenters. The molecule has 1 aromatic rings. The molecule has 0 aliphatic heterocycles. The molecule has 17 heavy (non-hydrogen) atoms. The van der Waals surface area contributed by atoms with Crippen LogP contribution in [-0.2, 0) is 0 Å². The highest BCUT2D eigenvalue weighted by atomic mass is 16.4. The number of carbonyl (C=O) groups excluding carboxylic acids is 1. The SMILES string of the molecule is CN(CCCCCO)C(=O)c1ccc(=O)oc1. The summed E-state index contributed by atoms with van der Waals surface area (Å²) in [6.07, 6.45) is 3.66. The third-order valence-corrected chi connectivity index (χ3v) is 2.45. The number of carbonyl (C=O) groups is 1. The minimum atomic E-state index is -0.466. The lowest BCUT2D eigenvalue weighted by Gasteiger charge is -2.16. The van der Waals surface area contributed by atoms with Crippen LogP contribution in [0, 0.1) is 0 Å². The molecule has 5 heteroatoms. The summed E-state index contributed by atoms with van der Waals surface area (Å²) in [6, 6.07) is 2.69. The van der Waals surface area contributed by atoms with Crippen molar-refractivity contribution in [2.24, 2.45) is 0 Å². The van der Waals surface area contributed by atoms with E-state index in [1.807, 2.05) is 0 Å². The molecule has 1 heterocycles. The van der Waals surface area contributed by atoms with Gasteiger partial charge in [-0.2, -0.15) is 0 Å².